The highest BCUT2D eigenvalue weighted by Crippen LogP contribution is 2.34. The fourth-order valence-electron chi connectivity index (χ4n) is 6.86. The maximum absolute atomic E-state index is 13.3. The highest BCUT2D eigenvalue weighted by Gasteiger charge is 2.54. The molecule has 1 aromatic rings. The molecule has 3 heterocycles. The number of rotatable bonds is 8. The van der Waals surface area contributed by atoms with Crippen LogP contribution >= 0.6 is 0 Å². The average molecular weight is 819 g/mol. The molecule has 0 amide bonds. The molecule has 16 heteroatoms. The number of hydrogen-bond acceptors (Lipinski definition) is 16. The maximum Gasteiger partial charge on any atom is 0.333 e. The van der Waals surface area contributed by atoms with E-state index in [1.807, 2.05) is 6.92 Å². The zero-order valence-corrected chi connectivity index (χ0v) is 33.8. The lowest BCUT2D eigenvalue weighted by atomic mass is 9.96. The van der Waals surface area contributed by atoms with Crippen LogP contribution in [-0.2, 0) is 61.9 Å². The van der Waals surface area contributed by atoms with Gasteiger partial charge in [-0.25, -0.2) is 9.59 Å². The van der Waals surface area contributed by atoms with Crippen LogP contribution in [0.2, 0.25) is 0 Å². The van der Waals surface area contributed by atoms with Crippen LogP contribution in [0.25, 0.3) is 6.08 Å². The second-order valence-corrected chi connectivity index (χ2v) is 14.7. The summed E-state index contributed by atoms with van der Waals surface area (Å²) >= 11 is 0. The number of hydrogen-bond donors (Lipinski definition) is 3. The van der Waals surface area contributed by atoms with Crippen LogP contribution in [0.3, 0.4) is 0 Å². The number of carbonyl (C=O) groups is 5. The third-order valence-electron chi connectivity index (χ3n) is 10.2. The van der Waals surface area contributed by atoms with Gasteiger partial charge in [-0.3, -0.25) is 14.4 Å². The molecule has 16 nitrogen and oxygen atoms in total. The summed E-state index contributed by atoms with van der Waals surface area (Å²) in [4.78, 5) is 64.6. The Morgan fingerprint density at radius 1 is 0.828 bits per heavy atom. The summed E-state index contributed by atoms with van der Waals surface area (Å²) in [6.45, 7) is 7.16. The summed E-state index contributed by atoms with van der Waals surface area (Å²) in [5.74, 6) is -3.75. The minimum Gasteiger partial charge on any atom is -0.463 e. The molecule has 58 heavy (non-hydrogen) atoms. The highest BCUT2D eigenvalue weighted by atomic mass is 16.8. The van der Waals surface area contributed by atoms with Gasteiger partial charge in [0.2, 0.25) is 0 Å². The number of fused-ring (bicyclic) bond motifs is 3. The largest absolute Gasteiger partial charge is 0.463 e. The monoisotopic (exact) mass is 818 g/mol. The Hall–Kier alpha value is -4.03. The smallest absolute Gasteiger partial charge is 0.333 e. The molecule has 3 aliphatic heterocycles. The minimum absolute atomic E-state index is 0.154. The van der Waals surface area contributed by atoms with Gasteiger partial charge in [0.25, 0.3) is 0 Å². The van der Waals surface area contributed by atoms with Crippen molar-refractivity contribution in [2.75, 3.05) is 6.61 Å². The lowest BCUT2D eigenvalue weighted by Crippen LogP contribution is -2.65. The van der Waals surface area contributed by atoms with E-state index in [1.54, 1.807) is 44.2 Å². The first kappa shape index (κ1) is 46.7. The predicted octanol–water partition coefficient (Wildman–Crippen LogP) is 3.40. The number of allylic oxidation sites excluding steroid dienone is 1. The van der Waals surface area contributed by atoms with Crippen LogP contribution in [-0.4, -0.2) is 125 Å². The van der Waals surface area contributed by atoms with Crippen molar-refractivity contribution >= 4 is 35.7 Å². The van der Waals surface area contributed by atoms with E-state index < -0.39 is 116 Å². The van der Waals surface area contributed by atoms with Crippen LogP contribution in [0.1, 0.15) is 98.0 Å². The normalized spacial score (nSPS) is 33.6. The molecule has 322 valence electrons. The molecule has 3 N–H and O–H groups in total. The molecular weight excluding hydrogens is 760 g/mol. The number of carbonyl (C=O) groups excluding carboxylic acids is 5. The number of cyclic esters (lactones) is 1. The summed E-state index contributed by atoms with van der Waals surface area (Å²) in [7, 11) is 0. The SMILES string of the molecule is C/C=C(\C)C(=O)O[C@@H]1[C@@H](O)[C@@H]2O[C@H]3[C@H](O[C@@H](CCC)CCCCC[C@H](OC(C)=O)C(=O)CCC(=O)OC[C@@H](O2)[C@H]1OC(=O)/C=C/c1ccccc1)O[C@H](C)[C@H](O)[C@@H]3O. The number of Topliss-reactive ketones (excluding diaryl/α,β-unsaturated/α-hetero) is 1. The molecule has 1 aromatic carbocycles. The van der Waals surface area contributed by atoms with Gasteiger partial charge in [0.05, 0.1) is 18.6 Å². The standard InChI is InChI=1S/C42H58O16/c1-6-14-28-17-12-9-13-18-30(53-26(5)43)29(44)20-22-32(45)51-23-31-37(56-33(46)21-19-27-15-10-8-11-16-27)38(57-40(50)24(3)7-2)36(49)41(55-31)58-39-35(48)34(47)25(4)52-42(39)54-28/h7-8,10-11,15-16,19,21,25,28,30-31,34-39,41-42,47-49H,6,9,12-14,17-18,20,22-23H2,1-5H3/b21-19+,24-7+/t25-,28+,30+,31-,34+,35+,36-,37-,38-,39-,41+,42+/m1/s1. The van der Waals surface area contributed by atoms with E-state index in [0.717, 1.165) is 12.5 Å². The van der Waals surface area contributed by atoms with Crippen LogP contribution in [0, 0.1) is 0 Å². The summed E-state index contributed by atoms with van der Waals surface area (Å²) < 4.78 is 47.1. The molecule has 2 bridgehead atoms. The second kappa shape index (κ2) is 22.9. The van der Waals surface area contributed by atoms with E-state index in [2.05, 4.69) is 0 Å². The molecule has 0 unspecified atom stereocenters. The zero-order chi connectivity index (χ0) is 42.4. The Morgan fingerprint density at radius 3 is 2.24 bits per heavy atom. The Bertz CT molecular complexity index is 1580. The van der Waals surface area contributed by atoms with Crippen molar-refractivity contribution < 1.29 is 77.2 Å². The third kappa shape index (κ3) is 13.5. The first-order valence-electron chi connectivity index (χ1n) is 20.0. The summed E-state index contributed by atoms with van der Waals surface area (Å²) in [5, 5.41) is 34.1. The first-order chi connectivity index (χ1) is 27.7. The van der Waals surface area contributed by atoms with Crippen molar-refractivity contribution in [3.05, 3.63) is 53.6 Å². The zero-order valence-electron chi connectivity index (χ0n) is 33.8. The molecule has 12 atom stereocenters. The van der Waals surface area contributed by atoms with Crippen molar-refractivity contribution in [3.63, 3.8) is 0 Å². The quantitative estimate of drug-likeness (QED) is 0.194. The van der Waals surface area contributed by atoms with Gasteiger partial charge in [-0.1, -0.05) is 62.6 Å². The number of aliphatic hydroxyl groups excluding tert-OH is 3. The molecule has 0 saturated carbocycles. The van der Waals surface area contributed by atoms with E-state index in [9.17, 15) is 39.3 Å². The van der Waals surface area contributed by atoms with Crippen molar-refractivity contribution in [3.8, 4) is 0 Å². The molecule has 3 saturated heterocycles. The fourth-order valence-corrected chi connectivity index (χ4v) is 6.86. The summed E-state index contributed by atoms with van der Waals surface area (Å²) in [6.07, 6.45) is -9.21. The number of ketones is 1. The third-order valence-corrected chi connectivity index (χ3v) is 10.2. The van der Waals surface area contributed by atoms with Crippen molar-refractivity contribution in [2.24, 2.45) is 0 Å². The summed E-state index contributed by atoms with van der Waals surface area (Å²) in [6, 6.07) is 8.84. The average Bonchev–Trinajstić information content (AvgIpc) is 3.20. The van der Waals surface area contributed by atoms with Gasteiger partial charge in [0, 0.05) is 25.0 Å². The van der Waals surface area contributed by atoms with Gasteiger partial charge >= 0.3 is 23.9 Å². The molecular formula is C42H58O16. The van der Waals surface area contributed by atoms with E-state index >= 15 is 0 Å². The lowest BCUT2D eigenvalue weighted by Gasteiger charge is -2.47. The molecule has 0 spiro atoms. The highest BCUT2D eigenvalue weighted by molar-refractivity contribution is 5.89. The fraction of sp³-hybridized carbons (Fsp3) is 0.643. The van der Waals surface area contributed by atoms with Crippen LogP contribution < -0.4 is 0 Å². The number of aliphatic hydroxyl groups is 3. The molecule has 3 fully saturated rings. The molecule has 0 aromatic heterocycles. The van der Waals surface area contributed by atoms with Gasteiger partial charge in [0.15, 0.2) is 36.7 Å². The van der Waals surface area contributed by atoms with Crippen molar-refractivity contribution in [1.29, 1.82) is 0 Å². The van der Waals surface area contributed by atoms with Crippen LogP contribution in [0.5, 0.6) is 0 Å². The van der Waals surface area contributed by atoms with Gasteiger partial charge in [-0.15, -0.1) is 0 Å². The maximum atomic E-state index is 13.3. The molecule has 0 aliphatic carbocycles. The van der Waals surface area contributed by atoms with Gasteiger partial charge < -0.3 is 53.2 Å². The van der Waals surface area contributed by atoms with E-state index in [0.29, 0.717) is 37.7 Å². The number of benzene rings is 1. The lowest BCUT2D eigenvalue weighted by molar-refractivity contribution is -0.369. The number of ether oxygens (including phenoxy) is 8. The van der Waals surface area contributed by atoms with E-state index in [1.165, 1.54) is 26.0 Å². The topological polar surface area (TPSA) is 220 Å². The second-order valence-electron chi connectivity index (χ2n) is 14.7. The van der Waals surface area contributed by atoms with E-state index in [4.69, 9.17) is 37.9 Å². The molecule has 4 rings (SSSR count). The Labute approximate surface area is 338 Å². The van der Waals surface area contributed by atoms with Gasteiger partial charge in [-0.2, -0.15) is 0 Å². The van der Waals surface area contributed by atoms with Crippen LogP contribution in [0.15, 0.2) is 48.1 Å². The Balaban J connectivity index is 1.73. The predicted molar refractivity (Wildman–Crippen MR) is 204 cm³/mol. The molecule has 0 radical (unpaired) electrons. The summed E-state index contributed by atoms with van der Waals surface area (Å²) in [5.41, 5.74) is 0.825. The van der Waals surface area contributed by atoms with Gasteiger partial charge in [-0.05, 0) is 58.1 Å². The minimum atomic E-state index is -1.89. The Morgan fingerprint density at radius 2 is 1.55 bits per heavy atom. The van der Waals surface area contributed by atoms with Crippen molar-refractivity contribution in [1.82, 2.24) is 0 Å². The Kier molecular flexibility index (Phi) is 18.5. The molecule has 3 aliphatic rings. The number of esters is 4. The van der Waals surface area contributed by atoms with E-state index in [-0.39, 0.29) is 18.4 Å². The van der Waals surface area contributed by atoms with Crippen LogP contribution in [0.4, 0.5) is 0 Å². The van der Waals surface area contributed by atoms with Gasteiger partial charge in [0.1, 0.15) is 37.1 Å². The first-order valence-corrected chi connectivity index (χ1v) is 20.0. The van der Waals surface area contributed by atoms with Crippen molar-refractivity contribution in [2.45, 2.75) is 166 Å².